The smallest absolute Gasteiger partial charge is 0.249 e. The molecular weight excluding hydrogens is 232 g/mol. The molecule has 2 rings (SSSR count). The van der Waals surface area contributed by atoms with E-state index in [1.807, 2.05) is 37.3 Å². The first kappa shape index (κ1) is 11.9. The van der Waals surface area contributed by atoms with E-state index in [9.17, 15) is 4.79 Å². The van der Waals surface area contributed by atoms with Crippen LogP contribution in [0.1, 0.15) is 11.1 Å². The highest BCUT2D eigenvalue weighted by Crippen LogP contribution is 2.10. The number of amides is 1. The first-order valence-corrected chi connectivity index (χ1v) is 6.46. The van der Waals surface area contributed by atoms with Crippen molar-refractivity contribution >= 4 is 28.9 Å². The van der Waals surface area contributed by atoms with Gasteiger partial charge in [-0.15, -0.1) is 0 Å². The number of aryl methyl sites for hydroxylation is 1. The number of carbonyl (C=O) groups excluding carboxylic acids is 1. The third kappa shape index (κ3) is 3.46. The highest BCUT2D eigenvalue weighted by molar-refractivity contribution is 8.14. The van der Waals surface area contributed by atoms with E-state index in [0.29, 0.717) is 0 Å². The van der Waals surface area contributed by atoms with Gasteiger partial charge in [0.25, 0.3) is 0 Å². The minimum absolute atomic E-state index is 0.124. The number of benzene rings is 1. The molecular formula is C13H14N2OS. The molecule has 17 heavy (non-hydrogen) atoms. The molecule has 0 aliphatic carbocycles. The van der Waals surface area contributed by atoms with Crippen molar-refractivity contribution in [3.63, 3.8) is 0 Å². The molecule has 88 valence electrons. The summed E-state index contributed by atoms with van der Waals surface area (Å²) in [6.07, 6.45) is 3.37. The molecule has 1 aromatic rings. The predicted octanol–water partition coefficient (Wildman–Crippen LogP) is 2.23. The van der Waals surface area contributed by atoms with E-state index in [0.717, 1.165) is 28.6 Å². The normalized spacial score (nSPS) is 15.0. The summed E-state index contributed by atoms with van der Waals surface area (Å²) in [5.74, 6) is 0.832. The Morgan fingerprint density at radius 1 is 1.47 bits per heavy atom. The molecule has 0 saturated carbocycles. The largest absolute Gasteiger partial charge is 0.302 e. The van der Waals surface area contributed by atoms with Gasteiger partial charge in [-0.2, -0.15) is 0 Å². The molecule has 0 bridgehead atoms. The second-order valence-corrected chi connectivity index (χ2v) is 4.80. The maximum atomic E-state index is 11.6. The SMILES string of the molecule is Cc1ccccc1/C=C/C(=O)NC1=NCCS1. The molecule has 0 fully saturated rings. The summed E-state index contributed by atoms with van der Waals surface area (Å²) in [5.41, 5.74) is 2.22. The van der Waals surface area contributed by atoms with Gasteiger partial charge >= 0.3 is 0 Å². The lowest BCUT2D eigenvalue weighted by molar-refractivity contribution is -0.115. The number of hydrogen-bond donors (Lipinski definition) is 1. The molecule has 3 nitrogen and oxygen atoms in total. The van der Waals surface area contributed by atoms with E-state index in [2.05, 4.69) is 10.3 Å². The van der Waals surface area contributed by atoms with E-state index in [1.54, 1.807) is 17.8 Å². The van der Waals surface area contributed by atoms with E-state index in [4.69, 9.17) is 0 Å². The number of carbonyl (C=O) groups is 1. The molecule has 1 aliphatic rings. The number of rotatable bonds is 2. The van der Waals surface area contributed by atoms with Crippen molar-refractivity contribution in [1.29, 1.82) is 0 Å². The van der Waals surface area contributed by atoms with E-state index >= 15 is 0 Å². The highest BCUT2D eigenvalue weighted by Gasteiger charge is 2.08. The number of hydrogen-bond acceptors (Lipinski definition) is 3. The predicted molar refractivity (Wildman–Crippen MR) is 73.1 cm³/mol. The summed E-state index contributed by atoms with van der Waals surface area (Å²) in [6, 6.07) is 7.95. The van der Waals surface area contributed by atoms with Crippen LogP contribution >= 0.6 is 11.8 Å². The van der Waals surface area contributed by atoms with Gasteiger partial charge in [-0.25, -0.2) is 0 Å². The number of nitrogens with one attached hydrogen (secondary N) is 1. The van der Waals surface area contributed by atoms with Gasteiger partial charge in [-0.3, -0.25) is 9.79 Å². The summed E-state index contributed by atoms with van der Waals surface area (Å²) in [5, 5.41) is 3.48. The summed E-state index contributed by atoms with van der Waals surface area (Å²) in [4.78, 5) is 15.8. The van der Waals surface area contributed by atoms with E-state index in [-0.39, 0.29) is 5.91 Å². The van der Waals surface area contributed by atoms with Gasteiger partial charge in [0, 0.05) is 11.8 Å². The lowest BCUT2D eigenvalue weighted by atomic mass is 10.1. The van der Waals surface area contributed by atoms with Crippen LogP contribution in [0.3, 0.4) is 0 Å². The molecule has 0 spiro atoms. The Kier molecular flexibility index (Phi) is 3.98. The molecule has 0 radical (unpaired) electrons. The third-order valence-corrected chi connectivity index (χ3v) is 3.31. The fourth-order valence-electron chi connectivity index (χ4n) is 1.50. The molecule has 0 unspecified atom stereocenters. The zero-order chi connectivity index (χ0) is 12.1. The fourth-order valence-corrected chi connectivity index (χ4v) is 2.23. The topological polar surface area (TPSA) is 41.5 Å². The maximum Gasteiger partial charge on any atom is 0.249 e. The Hall–Kier alpha value is -1.55. The molecule has 1 heterocycles. The van der Waals surface area contributed by atoms with E-state index < -0.39 is 0 Å². The first-order chi connectivity index (χ1) is 8.25. The quantitative estimate of drug-likeness (QED) is 0.813. The maximum absolute atomic E-state index is 11.6. The zero-order valence-electron chi connectivity index (χ0n) is 9.64. The summed E-state index contributed by atoms with van der Waals surface area (Å²) >= 11 is 1.58. The lowest BCUT2D eigenvalue weighted by Crippen LogP contribution is -2.25. The van der Waals surface area contributed by atoms with Crippen molar-refractivity contribution in [2.24, 2.45) is 4.99 Å². The van der Waals surface area contributed by atoms with Gasteiger partial charge in [0.2, 0.25) is 5.91 Å². The molecule has 1 amide bonds. The second-order valence-electron chi connectivity index (χ2n) is 3.71. The summed E-state index contributed by atoms with van der Waals surface area (Å²) in [6.45, 7) is 2.82. The first-order valence-electron chi connectivity index (χ1n) is 5.47. The number of amidine groups is 1. The van der Waals surface area contributed by atoms with Crippen LogP contribution in [0.5, 0.6) is 0 Å². The molecule has 1 aliphatic heterocycles. The number of thioether (sulfide) groups is 1. The van der Waals surface area contributed by atoms with Gasteiger partial charge in [0.05, 0.1) is 6.54 Å². The minimum atomic E-state index is -0.124. The molecule has 4 heteroatoms. The van der Waals surface area contributed by atoms with Crippen LogP contribution in [-0.4, -0.2) is 23.4 Å². The van der Waals surface area contributed by atoms with Crippen molar-refractivity contribution in [2.75, 3.05) is 12.3 Å². The Morgan fingerprint density at radius 3 is 3.00 bits per heavy atom. The van der Waals surface area contributed by atoms with E-state index in [1.165, 1.54) is 0 Å². The average Bonchev–Trinajstić information content (AvgIpc) is 2.81. The van der Waals surface area contributed by atoms with Crippen LogP contribution in [0.15, 0.2) is 35.3 Å². The molecule has 0 atom stereocenters. The van der Waals surface area contributed by atoms with Crippen molar-refractivity contribution in [1.82, 2.24) is 5.32 Å². The third-order valence-electron chi connectivity index (χ3n) is 2.42. The molecule has 1 N–H and O–H groups in total. The van der Waals surface area contributed by atoms with Gasteiger partial charge in [-0.1, -0.05) is 36.0 Å². The van der Waals surface area contributed by atoms with Gasteiger partial charge in [-0.05, 0) is 24.1 Å². The lowest BCUT2D eigenvalue weighted by Gasteiger charge is -2.00. The minimum Gasteiger partial charge on any atom is -0.302 e. The Bertz CT molecular complexity index is 480. The van der Waals surface area contributed by atoms with Crippen LogP contribution in [0.2, 0.25) is 0 Å². The van der Waals surface area contributed by atoms with Crippen molar-refractivity contribution in [3.8, 4) is 0 Å². The highest BCUT2D eigenvalue weighted by atomic mass is 32.2. The standard InChI is InChI=1S/C13H14N2OS/c1-10-4-2-3-5-11(10)6-7-12(16)15-13-14-8-9-17-13/h2-7H,8-9H2,1H3,(H,14,15,16)/b7-6+. The van der Waals surface area contributed by atoms with Crippen molar-refractivity contribution < 1.29 is 4.79 Å². The van der Waals surface area contributed by atoms with Crippen LogP contribution < -0.4 is 5.32 Å². The summed E-state index contributed by atoms with van der Waals surface area (Å²) in [7, 11) is 0. The Labute approximate surface area is 105 Å². The second kappa shape index (κ2) is 5.68. The fraction of sp³-hybridized carbons (Fsp3) is 0.231. The van der Waals surface area contributed by atoms with Crippen molar-refractivity contribution in [3.05, 3.63) is 41.5 Å². The number of nitrogens with zero attached hydrogens (tertiary/aromatic N) is 1. The zero-order valence-corrected chi connectivity index (χ0v) is 10.5. The Morgan fingerprint density at radius 2 is 2.29 bits per heavy atom. The van der Waals surface area contributed by atoms with Gasteiger partial charge in [0.1, 0.15) is 0 Å². The Balaban J connectivity index is 1.96. The van der Waals surface area contributed by atoms with Crippen LogP contribution in [-0.2, 0) is 4.79 Å². The molecule has 0 saturated heterocycles. The van der Waals surface area contributed by atoms with Crippen molar-refractivity contribution in [2.45, 2.75) is 6.92 Å². The van der Waals surface area contributed by atoms with Crippen LogP contribution in [0.25, 0.3) is 6.08 Å². The van der Waals surface area contributed by atoms with Gasteiger partial charge in [0.15, 0.2) is 5.17 Å². The van der Waals surface area contributed by atoms with Crippen LogP contribution in [0, 0.1) is 6.92 Å². The molecule has 1 aromatic carbocycles. The van der Waals surface area contributed by atoms with Crippen LogP contribution in [0.4, 0.5) is 0 Å². The molecule has 0 aromatic heterocycles. The number of aliphatic imine (C=N–C) groups is 1. The summed E-state index contributed by atoms with van der Waals surface area (Å²) < 4.78 is 0. The van der Waals surface area contributed by atoms with Gasteiger partial charge < -0.3 is 5.32 Å². The monoisotopic (exact) mass is 246 g/mol. The average molecular weight is 246 g/mol.